The van der Waals surface area contributed by atoms with Crippen molar-refractivity contribution in [3.63, 3.8) is 0 Å². The molecule has 0 saturated carbocycles. The molecule has 0 bridgehead atoms. The lowest BCUT2D eigenvalue weighted by atomic mass is 10.1. The molecule has 0 aliphatic rings. The highest BCUT2D eigenvalue weighted by atomic mass is 32.2. The molecule has 2 rings (SSSR count). The summed E-state index contributed by atoms with van der Waals surface area (Å²) in [6.45, 7) is 6.07. The predicted octanol–water partition coefficient (Wildman–Crippen LogP) is 4.29. The van der Waals surface area contributed by atoms with Gasteiger partial charge in [0.25, 0.3) is 0 Å². The maximum atomic E-state index is 9.76. The van der Waals surface area contributed by atoms with Gasteiger partial charge in [-0.25, -0.2) is 4.98 Å². The maximum absolute atomic E-state index is 9.76. The standard InChI is InChI=1S/C16H19NOS/c1-4-15(18)13-5-7-14(8-6-13)19-16-10-11(2)9-12(3)17-16/h5-10,15,18H,4H2,1-3H3/t15-/m0/s1. The van der Waals surface area contributed by atoms with Gasteiger partial charge in [-0.2, -0.15) is 0 Å². The average molecular weight is 273 g/mol. The molecule has 0 fully saturated rings. The van der Waals surface area contributed by atoms with Crippen molar-refractivity contribution in [1.82, 2.24) is 4.98 Å². The summed E-state index contributed by atoms with van der Waals surface area (Å²) in [5, 5.41) is 10.8. The van der Waals surface area contributed by atoms with Crippen molar-refractivity contribution in [2.75, 3.05) is 0 Å². The van der Waals surface area contributed by atoms with Crippen LogP contribution in [0.4, 0.5) is 0 Å². The van der Waals surface area contributed by atoms with Crippen molar-refractivity contribution in [1.29, 1.82) is 0 Å². The molecule has 0 aliphatic carbocycles. The van der Waals surface area contributed by atoms with Crippen molar-refractivity contribution in [2.24, 2.45) is 0 Å². The Balaban J connectivity index is 2.15. The van der Waals surface area contributed by atoms with E-state index in [-0.39, 0.29) is 6.10 Å². The second kappa shape index (κ2) is 6.22. The van der Waals surface area contributed by atoms with Gasteiger partial charge >= 0.3 is 0 Å². The summed E-state index contributed by atoms with van der Waals surface area (Å²) in [4.78, 5) is 5.66. The molecule has 1 aromatic heterocycles. The molecule has 1 heterocycles. The molecule has 0 aliphatic heterocycles. The van der Waals surface area contributed by atoms with Crippen molar-refractivity contribution in [3.05, 3.63) is 53.2 Å². The van der Waals surface area contributed by atoms with E-state index < -0.39 is 0 Å². The zero-order valence-corrected chi connectivity index (χ0v) is 12.4. The Hall–Kier alpha value is -1.32. The first-order valence-corrected chi connectivity index (χ1v) is 7.31. The number of aryl methyl sites for hydroxylation is 2. The van der Waals surface area contributed by atoms with Crippen molar-refractivity contribution in [3.8, 4) is 0 Å². The number of aliphatic hydroxyl groups excluding tert-OH is 1. The summed E-state index contributed by atoms with van der Waals surface area (Å²) in [6, 6.07) is 12.2. The Bertz CT molecular complexity index is 531. The normalized spacial score (nSPS) is 12.4. The molecule has 2 nitrogen and oxygen atoms in total. The lowest BCUT2D eigenvalue weighted by molar-refractivity contribution is 0.173. The third-order valence-corrected chi connectivity index (χ3v) is 3.87. The number of pyridine rings is 1. The van der Waals surface area contributed by atoms with E-state index in [1.54, 1.807) is 11.8 Å². The van der Waals surface area contributed by atoms with Crippen LogP contribution in [-0.2, 0) is 0 Å². The Morgan fingerprint density at radius 3 is 2.42 bits per heavy atom. The summed E-state index contributed by atoms with van der Waals surface area (Å²) in [5.41, 5.74) is 3.24. The van der Waals surface area contributed by atoms with E-state index in [1.165, 1.54) is 5.56 Å². The van der Waals surface area contributed by atoms with Crippen LogP contribution in [0.1, 0.15) is 36.3 Å². The highest BCUT2D eigenvalue weighted by molar-refractivity contribution is 7.99. The van der Waals surface area contributed by atoms with Crippen molar-refractivity contribution < 1.29 is 5.11 Å². The van der Waals surface area contributed by atoms with E-state index in [4.69, 9.17) is 0 Å². The summed E-state index contributed by atoms with van der Waals surface area (Å²) < 4.78 is 0. The summed E-state index contributed by atoms with van der Waals surface area (Å²) in [7, 11) is 0. The van der Waals surface area contributed by atoms with Crippen LogP contribution in [0.25, 0.3) is 0 Å². The van der Waals surface area contributed by atoms with Gasteiger partial charge < -0.3 is 5.11 Å². The fourth-order valence-corrected chi connectivity index (χ4v) is 2.92. The Morgan fingerprint density at radius 2 is 1.84 bits per heavy atom. The zero-order chi connectivity index (χ0) is 13.8. The first kappa shape index (κ1) is 14.1. The first-order chi connectivity index (χ1) is 9.08. The van der Waals surface area contributed by atoms with E-state index in [9.17, 15) is 5.11 Å². The first-order valence-electron chi connectivity index (χ1n) is 6.49. The number of benzene rings is 1. The SMILES string of the molecule is CC[C@H](O)c1ccc(Sc2cc(C)cc(C)n2)cc1. The third kappa shape index (κ3) is 3.82. The Kier molecular flexibility index (Phi) is 4.61. The van der Waals surface area contributed by atoms with Gasteiger partial charge in [0.1, 0.15) is 5.03 Å². The molecule has 0 radical (unpaired) electrons. The number of rotatable bonds is 4. The number of aromatic nitrogens is 1. The molecular weight excluding hydrogens is 254 g/mol. The van der Waals surface area contributed by atoms with Gasteiger partial charge in [-0.15, -0.1) is 0 Å². The molecular formula is C16H19NOS. The lowest BCUT2D eigenvalue weighted by Crippen LogP contribution is -1.94. The maximum Gasteiger partial charge on any atom is 0.101 e. The van der Waals surface area contributed by atoms with Crippen LogP contribution in [0, 0.1) is 13.8 Å². The highest BCUT2D eigenvalue weighted by Crippen LogP contribution is 2.28. The molecule has 0 saturated heterocycles. The minimum Gasteiger partial charge on any atom is -0.388 e. The fraction of sp³-hybridized carbons (Fsp3) is 0.312. The average Bonchev–Trinajstić information content (AvgIpc) is 2.37. The molecule has 19 heavy (non-hydrogen) atoms. The van der Waals surface area contributed by atoms with Crippen LogP contribution in [-0.4, -0.2) is 10.1 Å². The highest BCUT2D eigenvalue weighted by Gasteiger charge is 2.05. The van der Waals surface area contributed by atoms with E-state index >= 15 is 0 Å². The van der Waals surface area contributed by atoms with Gasteiger partial charge in [-0.1, -0.05) is 30.8 Å². The third-order valence-electron chi connectivity index (χ3n) is 2.95. The van der Waals surface area contributed by atoms with Crippen LogP contribution in [0.5, 0.6) is 0 Å². The van der Waals surface area contributed by atoms with Gasteiger partial charge in [-0.05, 0) is 55.7 Å². The number of hydrogen-bond donors (Lipinski definition) is 1. The van der Waals surface area contributed by atoms with Gasteiger partial charge in [0.15, 0.2) is 0 Å². The minimum atomic E-state index is -0.363. The number of aliphatic hydroxyl groups is 1. The molecule has 0 spiro atoms. The molecule has 0 amide bonds. The smallest absolute Gasteiger partial charge is 0.101 e. The van der Waals surface area contributed by atoms with E-state index in [0.717, 1.165) is 27.6 Å². The van der Waals surface area contributed by atoms with Crippen LogP contribution in [0.2, 0.25) is 0 Å². The Morgan fingerprint density at radius 1 is 1.16 bits per heavy atom. The summed E-state index contributed by atoms with van der Waals surface area (Å²) in [5.74, 6) is 0. The van der Waals surface area contributed by atoms with Gasteiger partial charge in [0, 0.05) is 10.6 Å². The molecule has 1 atom stereocenters. The lowest BCUT2D eigenvalue weighted by Gasteiger charge is -2.09. The summed E-state index contributed by atoms with van der Waals surface area (Å²) in [6.07, 6.45) is 0.379. The summed E-state index contributed by atoms with van der Waals surface area (Å²) >= 11 is 1.65. The van der Waals surface area contributed by atoms with E-state index in [0.29, 0.717) is 0 Å². The minimum absolute atomic E-state index is 0.363. The second-order valence-corrected chi connectivity index (χ2v) is 5.81. The van der Waals surface area contributed by atoms with Crippen LogP contribution < -0.4 is 0 Å². The van der Waals surface area contributed by atoms with Gasteiger partial charge in [-0.3, -0.25) is 0 Å². The molecule has 100 valence electrons. The monoisotopic (exact) mass is 273 g/mol. The number of hydrogen-bond acceptors (Lipinski definition) is 3. The molecule has 3 heteroatoms. The molecule has 2 aromatic rings. The van der Waals surface area contributed by atoms with Gasteiger partial charge in [0.05, 0.1) is 6.10 Å². The molecule has 1 N–H and O–H groups in total. The van der Waals surface area contributed by atoms with Crippen LogP contribution >= 0.6 is 11.8 Å². The van der Waals surface area contributed by atoms with E-state index in [1.807, 2.05) is 38.1 Å². The number of nitrogens with zero attached hydrogens (tertiary/aromatic N) is 1. The van der Waals surface area contributed by atoms with E-state index in [2.05, 4.69) is 24.0 Å². The predicted molar refractivity (Wildman–Crippen MR) is 79.5 cm³/mol. The van der Waals surface area contributed by atoms with Crippen LogP contribution in [0.15, 0.2) is 46.3 Å². The topological polar surface area (TPSA) is 33.1 Å². The van der Waals surface area contributed by atoms with Crippen molar-refractivity contribution >= 4 is 11.8 Å². The Labute approximate surface area is 118 Å². The van der Waals surface area contributed by atoms with Gasteiger partial charge in [0.2, 0.25) is 0 Å². The van der Waals surface area contributed by atoms with Crippen molar-refractivity contribution in [2.45, 2.75) is 43.2 Å². The van der Waals surface area contributed by atoms with Crippen LogP contribution in [0.3, 0.4) is 0 Å². The zero-order valence-electron chi connectivity index (χ0n) is 11.6. The quantitative estimate of drug-likeness (QED) is 0.902. The largest absolute Gasteiger partial charge is 0.388 e. The fourth-order valence-electron chi connectivity index (χ4n) is 1.97. The molecule has 0 unspecified atom stereocenters. The second-order valence-electron chi connectivity index (χ2n) is 4.72. The molecule has 1 aromatic carbocycles.